The molecule has 0 aliphatic heterocycles. The lowest BCUT2D eigenvalue weighted by molar-refractivity contribution is 0.513. The molecule has 2 rings (SSSR count). The maximum Gasteiger partial charge on any atom is 0.177 e. The van der Waals surface area contributed by atoms with Crippen molar-refractivity contribution in [3.8, 4) is 0 Å². The van der Waals surface area contributed by atoms with E-state index in [1.165, 1.54) is 0 Å². The fourth-order valence-electron chi connectivity index (χ4n) is 4.18. The van der Waals surface area contributed by atoms with Crippen LogP contribution in [0, 0.1) is 11.6 Å². The van der Waals surface area contributed by atoms with E-state index in [1.807, 2.05) is 6.20 Å². The zero-order chi connectivity index (χ0) is 15.9. The van der Waals surface area contributed by atoms with E-state index in [1.54, 1.807) is 6.07 Å². The van der Waals surface area contributed by atoms with Gasteiger partial charge in [-0.05, 0) is 28.9 Å². The van der Waals surface area contributed by atoms with Gasteiger partial charge in [0.2, 0.25) is 0 Å². The van der Waals surface area contributed by atoms with Gasteiger partial charge in [0.15, 0.2) is 19.9 Å². The number of pyridine rings is 1. The van der Waals surface area contributed by atoms with E-state index < -0.39 is 19.9 Å². The summed E-state index contributed by atoms with van der Waals surface area (Å²) >= 11 is 0. The van der Waals surface area contributed by atoms with Gasteiger partial charge in [-0.25, -0.2) is 13.8 Å². The van der Waals surface area contributed by atoms with Gasteiger partial charge in [0.25, 0.3) is 0 Å². The van der Waals surface area contributed by atoms with E-state index in [9.17, 15) is 8.78 Å². The summed E-state index contributed by atoms with van der Waals surface area (Å²) in [6, 6.07) is 1.66. The van der Waals surface area contributed by atoms with Gasteiger partial charge in [-0.15, -0.1) is 0 Å². The molecule has 2 aromatic heterocycles. The predicted octanol–water partition coefficient (Wildman–Crippen LogP) is 5.34. The lowest BCUT2D eigenvalue weighted by Crippen LogP contribution is -2.51. The van der Waals surface area contributed by atoms with Crippen LogP contribution in [0.3, 0.4) is 0 Å². The van der Waals surface area contributed by atoms with Crippen molar-refractivity contribution in [1.82, 2.24) is 9.22 Å². The van der Waals surface area contributed by atoms with E-state index in [0.29, 0.717) is 22.3 Å². The molecule has 0 N–H and O–H groups in total. The molecule has 0 fully saturated rings. The second-order valence-corrected chi connectivity index (χ2v) is 12.4. The average Bonchev–Trinajstić information content (AvgIpc) is 2.78. The Hall–Kier alpha value is -1.23. The molecule has 5 heteroatoms. The summed E-state index contributed by atoms with van der Waals surface area (Å²) in [7, 11) is -1.99. The van der Waals surface area contributed by atoms with E-state index in [2.05, 4.69) is 50.8 Å². The van der Waals surface area contributed by atoms with Crippen molar-refractivity contribution in [3.05, 3.63) is 30.1 Å². The van der Waals surface area contributed by atoms with Crippen molar-refractivity contribution in [2.24, 2.45) is 0 Å². The third-order valence-corrected chi connectivity index (χ3v) is 11.5. The number of hydrogen-bond donors (Lipinski definition) is 0. The van der Waals surface area contributed by atoms with Crippen LogP contribution >= 0.6 is 0 Å². The van der Waals surface area contributed by atoms with Crippen LogP contribution in [0.5, 0.6) is 0 Å². The van der Waals surface area contributed by atoms with Crippen molar-refractivity contribution < 1.29 is 8.78 Å². The smallest absolute Gasteiger partial charge is 0.177 e. The first-order chi connectivity index (χ1) is 9.74. The van der Waals surface area contributed by atoms with E-state index >= 15 is 0 Å². The molecule has 2 nitrogen and oxygen atoms in total. The maximum absolute atomic E-state index is 14.0. The molecule has 21 heavy (non-hydrogen) atoms. The minimum Gasteiger partial charge on any atom is -0.358 e. The monoisotopic (exact) mass is 310 g/mol. The van der Waals surface area contributed by atoms with Gasteiger partial charge in [0, 0.05) is 0 Å². The number of fused-ring (bicyclic) bond motifs is 1. The molecule has 2 aromatic rings. The molecular weight excluding hydrogens is 286 g/mol. The van der Waals surface area contributed by atoms with Gasteiger partial charge in [-0.3, -0.25) is 0 Å². The molecule has 0 aliphatic carbocycles. The van der Waals surface area contributed by atoms with Crippen LogP contribution in [0.4, 0.5) is 8.78 Å². The summed E-state index contributed by atoms with van der Waals surface area (Å²) in [5, 5.41) is 0.286. The highest BCUT2D eigenvalue weighted by Gasteiger charge is 2.46. The van der Waals surface area contributed by atoms with Crippen LogP contribution in [-0.2, 0) is 0 Å². The molecule has 2 heterocycles. The van der Waals surface area contributed by atoms with E-state index in [0.717, 1.165) is 6.20 Å². The third-order valence-electron chi connectivity index (χ3n) is 4.80. The van der Waals surface area contributed by atoms with Gasteiger partial charge >= 0.3 is 0 Å². The van der Waals surface area contributed by atoms with Gasteiger partial charge < -0.3 is 4.23 Å². The highest BCUT2D eigenvalue weighted by Crippen LogP contribution is 2.44. The Labute approximate surface area is 126 Å². The highest BCUT2D eigenvalue weighted by molar-refractivity contribution is 6.82. The summed E-state index contributed by atoms with van der Waals surface area (Å²) in [5.41, 5.74) is 2.01. The molecule has 0 unspecified atom stereocenters. The SMILES string of the molecule is CC(C)[Si](C(C)C)(C(C)C)n1ccc2c(F)c(F)cnc21. The van der Waals surface area contributed by atoms with Crippen LogP contribution in [0.15, 0.2) is 18.5 Å². The van der Waals surface area contributed by atoms with Crippen molar-refractivity contribution >= 4 is 19.3 Å². The largest absolute Gasteiger partial charge is 0.358 e. The van der Waals surface area contributed by atoms with Crippen molar-refractivity contribution in [1.29, 1.82) is 0 Å². The predicted molar refractivity (Wildman–Crippen MR) is 86.1 cm³/mol. The first-order valence-electron chi connectivity index (χ1n) is 7.56. The van der Waals surface area contributed by atoms with Crippen LogP contribution < -0.4 is 0 Å². The lowest BCUT2D eigenvalue weighted by Gasteiger charge is -2.44. The second-order valence-electron chi connectivity index (χ2n) is 6.69. The number of hydrogen-bond acceptors (Lipinski definition) is 1. The summed E-state index contributed by atoms with van der Waals surface area (Å²) in [4.78, 5) is 4.20. The molecule has 0 bridgehead atoms. The van der Waals surface area contributed by atoms with Crippen molar-refractivity contribution in [3.63, 3.8) is 0 Å². The fraction of sp³-hybridized carbons (Fsp3) is 0.562. The Morgan fingerprint density at radius 1 is 1.00 bits per heavy atom. The molecule has 116 valence electrons. The van der Waals surface area contributed by atoms with Crippen LogP contribution in [0.25, 0.3) is 11.0 Å². The number of halogens is 2. The Morgan fingerprint density at radius 3 is 2.00 bits per heavy atom. The fourth-order valence-corrected chi connectivity index (χ4v) is 10.7. The summed E-state index contributed by atoms with van der Waals surface area (Å²) < 4.78 is 29.6. The zero-order valence-corrected chi connectivity index (χ0v) is 14.6. The molecule has 0 spiro atoms. The topological polar surface area (TPSA) is 17.8 Å². The van der Waals surface area contributed by atoms with Crippen molar-refractivity contribution in [2.45, 2.75) is 58.2 Å². The minimum absolute atomic E-state index is 0.286. The Morgan fingerprint density at radius 2 is 1.52 bits per heavy atom. The summed E-state index contributed by atoms with van der Waals surface area (Å²) in [6.07, 6.45) is 2.90. The molecule has 0 aromatic carbocycles. The standard InChI is InChI=1S/C16H24F2N2Si/c1-10(2)21(11(3)4,12(5)6)20-8-7-13-15(18)14(17)9-19-16(13)20/h7-12H,1-6H3. The molecule has 0 saturated heterocycles. The van der Waals surface area contributed by atoms with Gasteiger partial charge in [0.1, 0.15) is 5.65 Å². The second kappa shape index (κ2) is 5.52. The molecule has 0 saturated carbocycles. The normalized spacial score (nSPS) is 13.1. The average molecular weight is 310 g/mol. The number of aromatic nitrogens is 2. The highest BCUT2D eigenvalue weighted by atomic mass is 28.3. The molecule has 0 aliphatic rings. The lowest BCUT2D eigenvalue weighted by atomic mass is 10.3. The molecule has 0 radical (unpaired) electrons. The van der Waals surface area contributed by atoms with Crippen LogP contribution in [-0.4, -0.2) is 17.5 Å². The maximum atomic E-state index is 14.0. The van der Waals surface area contributed by atoms with Gasteiger partial charge in [0.05, 0.1) is 11.6 Å². The van der Waals surface area contributed by atoms with E-state index in [4.69, 9.17) is 0 Å². The minimum atomic E-state index is -1.99. The van der Waals surface area contributed by atoms with Gasteiger partial charge in [-0.2, -0.15) is 0 Å². The number of nitrogens with zero attached hydrogens (tertiary/aromatic N) is 2. The summed E-state index contributed by atoms with van der Waals surface area (Å²) in [6.45, 7) is 13.4. The third kappa shape index (κ3) is 2.22. The Kier molecular flexibility index (Phi) is 4.24. The zero-order valence-electron chi connectivity index (χ0n) is 13.6. The van der Waals surface area contributed by atoms with Gasteiger partial charge in [-0.1, -0.05) is 41.5 Å². The Bertz CT molecular complexity index is 625. The first kappa shape index (κ1) is 16.1. The van der Waals surface area contributed by atoms with Crippen molar-refractivity contribution in [2.75, 3.05) is 0 Å². The van der Waals surface area contributed by atoms with E-state index in [-0.39, 0.29) is 5.39 Å². The molecule has 0 atom stereocenters. The first-order valence-corrected chi connectivity index (χ1v) is 9.74. The Balaban J connectivity index is 2.81. The molecular formula is C16H24F2N2Si. The summed E-state index contributed by atoms with van der Waals surface area (Å²) in [5.74, 6) is -1.68. The van der Waals surface area contributed by atoms with Crippen LogP contribution in [0.1, 0.15) is 41.5 Å². The molecule has 0 amide bonds. The quantitative estimate of drug-likeness (QED) is 0.697. The number of rotatable bonds is 4. The van der Waals surface area contributed by atoms with Crippen LogP contribution in [0.2, 0.25) is 16.6 Å².